The summed E-state index contributed by atoms with van der Waals surface area (Å²) < 4.78 is 7.54. The Morgan fingerprint density at radius 2 is 1.84 bits per heavy atom. The molecule has 0 aliphatic carbocycles. The van der Waals surface area contributed by atoms with Crippen LogP contribution in [-0.4, -0.2) is 56.5 Å². The van der Waals surface area contributed by atoms with Crippen molar-refractivity contribution >= 4 is 22.6 Å². The molecule has 1 saturated heterocycles. The molecule has 8 nitrogen and oxygen atoms in total. The van der Waals surface area contributed by atoms with Gasteiger partial charge in [-0.05, 0) is 52.9 Å². The smallest absolute Gasteiger partial charge is 0.347 e. The van der Waals surface area contributed by atoms with E-state index in [-0.39, 0.29) is 0 Å². The van der Waals surface area contributed by atoms with E-state index < -0.39 is 5.63 Å². The van der Waals surface area contributed by atoms with E-state index in [9.17, 15) is 4.79 Å². The Kier molecular flexibility index (Phi) is 4.55. The van der Waals surface area contributed by atoms with Crippen molar-refractivity contribution in [3.8, 4) is 11.3 Å². The molecule has 31 heavy (non-hydrogen) atoms. The molecule has 1 aliphatic rings. The molecule has 5 rings (SSSR count). The van der Waals surface area contributed by atoms with Crippen molar-refractivity contribution in [1.29, 1.82) is 0 Å². The van der Waals surface area contributed by atoms with Crippen molar-refractivity contribution in [1.82, 2.24) is 24.3 Å². The molecule has 8 heteroatoms. The number of aryl methyl sites for hydroxylation is 2. The Labute approximate surface area is 180 Å². The van der Waals surface area contributed by atoms with Crippen molar-refractivity contribution in [2.45, 2.75) is 39.8 Å². The lowest BCUT2D eigenvalue weighted by atomic mass is 10.1. The maximum atomic E-state index is 12.8. The van der Waals surface area contributed by atoms with E-state index in [1.807, 2.05) is 48.8 Å². The van der Waals surface area contributed by atoms with Crippen LogP contribution in [0.4, 0.5) is 5.82 Å². The van der Waals surface area contributed by atoms with Gasteiger partial charge in [-0.1, -0.05) is 0 Å². The van der Waals surface area contributed by atoms with E-state index in [2.05, 4.69) is 45.6 Å². The van der Waals surface area contributed by atoms with Crippen LogP contribution in [0.25, 0.3) is 28.0 Å². The van der Waals surface area contributed by atoms with E-state index in [4.69, 9.17) is 4.42 Å². The SMILES string of the molecule is Cc1cn2cc(-c3cc4ccc(N5CC(C)N(C)CC5C)nc4oc3=O)nc2c(C)n1. The van der Waals surface area contributed by atoms with Gasteiger partial charge in [-0.2, -0.15) is 4.98 Å². The van der Waals surface area contributed by atoms with E-state index in [0.29, 0.717) is 29.1 Å². The summed E-state index contributed by atoms with van der Waals surface area (Å²) in [5.41, 5.74) is 3.33. The second kappa shape index (κ2) is 7.16. The average Bonchev–Trinajstić information content (AvgIpc) is 3.14. The summed E-state index contributed by atoms with van der Waals surface area (Å²) in [5.74, 6) is 0.834. The molecule has 4 aromatic heterocycles. The third-order valence-electron chi connectivity index (χ3n) is 6.18. The maximum absolute atomic E-state index is 12.8. The Hall–Kier alpha value is -3.26. The minimum Gasteiger partial charge on any atom is -0.403 e. The number of hydrogen-bond donors (Lipinski definition) is 0. The third-order valence-corrected chi connectivity index (χ3v) is 6.18. The van der Waals surface area contributed by atoms with Crippen molar-refractivity contribution in [3.63, 3.8) is 0 Å². The molecule has 2 atom stereocenters. The normalized spacial score (nSPS) is 20.1. The number of rotatable bonds is 2. The molecule has 0 radical (unpaired) electrons. The first-order valence-electron chi connectivity index (χ1n) is 10.6. The highest BCUT2D eigenvalue weighted by atomic mass is 16.4. The van der Waals surface area contributed by atoms with Crippen molar-refractivity contribution in [2.24, 2.45) is 0 Å². The minimum absolute atomic E-state index is 0.329. The zero-order chi connectivity index (χ0) is 21.9. The number of anilines is 1. The van der Waals surface area contributed by atoms with Crippen LogP contribution in [0.1, 0.15) is 25.2 Å². The molecule has 1 aliphatic heterocycles. The van der Waals surface area contributed by atoms with Crippen LogP contribution in [0.2, 0.25) is 0 Å². The van der Waals surface area contributed by atoms with Gasteiger partial charge in [-0.25, -0.2) is 9.78 Å². The summed E-state index contributed by atoms with van der Waals surface area (Å²) in [5, 5.41) is 0.774. The molecule has 0 aromatic carbocycles. The van der Waals surface area contributed by atoms with Crippen LogP contribution in [0.15, 0.2) is 39.8 Å². The van der Waals surface area contributed by atoms with Gasteiger partial charge in [0.05, 0.1) is 22.6 Å². The average molecular weight is 419 g/mol. The van der Waals surface area contributed by atoms with Gasteiger partial charge in [-0.15, -0.1) is 0 Å². The first-order chi connectivity index (χ1) is 14.8. The Morgan fingerprint density at radius 3 is 2.65 bits per heavy atom. The van der Waals surface area contributed by atoms with E-state index >= 15 is 0 Å². The quantitative estimate of drug-likeness (QED) is 0.495. The first-order valence-corrected chi connectivity index (χ1v) is 10.6. The Balaban J connectivity index is 1.56. The highest BCUT2D eigenvalue weighted by Gasteiger charge is 2.28. The Bertz CT molecular complexity index is 1360. The molecule has 0 spiro atoms. The molecular formula is C23H26N6O2. The van der Waals surface area contributed by atoms with Crippen molar-refractivity contribution in [2.75, 3.05) is 25.0 Å². The largest absolute Gasteiger partial charge is 0.403 e. The summed E-state index contributed by atoms with van der Waals surface area (Å²) in [4.78, 5) is 31.2. The van der Waals surface area contributed by atoms with Gasteiger partial charge in [0.15, 0.2) is 5.65 Å². The van der Waals surface area contributed by atoms with Gasteiger partial charge in [-0.3, -0.25) is 9.88 Å². The topological polar surface area (TPSA) is 79.8 Å². The number of likely N-dealkylation sites (N-methyl/N-ethyl adjacent to an activating group) is 1. The summed E-state index contributed by atoms with van der Waals surface area (Å²) >= 11 is 0. The van der Waals surface area contributed by atoms with Gasteiger partial charge >= 0.3 is 5.63 Å². The summed E-state index contributed by atoms with van der Waals surface area (Å²) in [6, 6.07) is 6.54. The van der Waals surface area contributed by atoms with Crippen molar-refractivity contribution < 1.29 is 4.42 Å². The number of nitrogens with zero attached hydrogens (tertiary/aromatic N) is 6. The van der Waals surface area contributed by atoms with Gasteiger partial charge in [0.25, 0.3) is 0 Å². The molecular weight excluding hydrogens is 392 g/mol. The fourth-order valence-corrected chi connectivity index (χ4v) is 4.38. The predicted molar refractivity (Wildman–Crippen MR) is 121 cm³/mol. The zero-order valence-electron chi connectivity index (χ0n) is 18.5. The molecule has 0 saturated carbocycles. The molecule has 5 heterocycles. The van der Waals surface area contributed by atoms with Gasteiger partial charge in [0, 0.05) is 43.0 Å². The maximum Gasteiger partial charge on any atom is 0.347 e. The third kappa shape index (κ3) is 3.37. The lowest BCUT2D eigenvalue weighted by molar-refractivity contribution is 0.205. The van der Waals surface area contributed by atoms with Crippen LogP contribution in [0.5, 0.6) is 0 Å². The predicted octanol–water partition coefficient (Wildman–Crippen LogP) is 3.04. The first kappa shape index (κ1) is 19.7. The highest BCUT2D eigenvalue weighted by molar-refractivity contribution is 5.80. The lowest BCUT2D eigenvalue weighted by Gasteiger charge is -2.43. The summed E-state index contributed by atoms with van der Waals surface area (Å²) in [6.45, 7) is 10.1. The molecule has 0 N–H and O–H groups in total. The molecule has 0 amide bonds. The number of aromatic nitrogens is 4. The number of piperazine rings is 1. The second-order valence-corrected chi connectivity index (χ2v) is 8.63. The number of fused-ring (bicyclic) bond motifs is 2. The molecule has 1 fully saturated rings. The van der Waals surface area contributed by atoms with Crippen LogP contribution >= 0.6 is 0 Å². The van der Waals surface area contributed by atoms with Crippen LogP contribution in [-0.2, 0) is 0 Å². The molecule has 2 unspecified atom stereocenters. The Morgan fingerprint density at radius 1 is 1.03 bits per heavy atom. The number of imidazole rings is 1. The number of pyridine rings is 1. The second-order valence-electron chi connectivity index (χ2n) is 8.63. The molecule has 4 aromatic rings. The van der Waals surface area contributed by atoms with Gasteiger partial charge < -0.3 is 13.7 Å². The fraction of sp³-hybridized carbons (Fsp3) is 0.391. The van der Waals surface area contributed by atoms with Crippen LogP contribution in [0.3, 0.4) is 0 Å². The minimum atomic E-state index is -0.442. The van der Waals surface area contributed by atoms with Gasteiger partial charge in [0.2, 0.25) is 5.71 Å². The summed E-state index contributed by atoms with van der Waals surface area (Å²) in [7, 11) is 2.14. The van der Waals surface area contributed by atoms with E-state index in [1.54, 1.807) is 0 Å². The fourth-order valence-electron chi connectivity index (χ4n) is 4.38. The molecule has 0 bridgehead atoms. The monoisotopic (exact) mass is 418 g/mol. The van der Waals surface area contributed by atoms with Gasteiger partial charge in [0.1, 0.15) is 5.82 Å². The van der Waals surface area contributed by atoms with Crippen LogP contribution < -0.4 is 10.5 Å². The van der Waals surface area contributed by atoms with E-state index in [0.717, 1.165) is 41.3 Å². The molecule has 160 valence electrons. The highest BCUT2D eigenvalue weighted by Crippen LogP contribution is 2.26. The number of hydrogen-bond acceptors (Lipinski definition) is 7. The van der Waals surface area contributed by atoms with E-state index in [1.165, 1.54) is 0 Å². The summed E-state index contributed by atoms with van der Waals surface area (Å²) in [6.07, 6.45) is 3.73. The van der Waals surface area contributed by atoms with Crippen molar-refractivity contribution in [3.05, 3.63) is 52.4 Å². The van der Waals surface area contributed by atoms with Crippen LogP contribution in [0, 0.1) is 13.8 Å². The lowest BCUT2D eigenvalue weighted by Crippen LogP contribution is -2.55. The zero-order valence-corrected chi connectivity index (χ0v) is 18.5. The standard InChI is InChI=1S/C23H26N6O2/c1-13-9-28-12-19(25-21(28)16(4)24-13)18-8-17-6-7-20(26-22(17)31-23(18)30)29-11-14(2)27(5)10-15(29)3/h6-9,12,14-15H,10-11H2,1-5H3.